The van der Waals surface area contributed by atoms with Crippen molar-refractivity contribution in [1.82, 2.24) is 14.5 Å². The maximum Gasteiger partial charge on any atom is 0.255 e. The standard InChI is InChI=1S/C20H25FN4O5S/c1-12(2)31(29,30)24-7-5-23(6-8-24)17-10-13(21)9-14-15(17)11-25(20(14)28)16-3-4-18(26)22-19(16)27/h9-10,12,16H,3-8,11H2,1-2H3,(H,22,26,27). The zero-order chi connectivity index (χ0) is 22.5. The van der Waals surface area contributed by atoms with Gasteiger partial charge in [-0.3, -0.25) is 19.7 Å². The molecule has 9 nitrogen and oxygen atoms in total. The molecule has 0 aliphatic carbocycles. The Morgan fingerprint density at radius 3 is 2.39 bits per heavy atom. The van der Waals surface area contributed by atoms with Gasteiger partial charge in [0.25, 0.3) is 5.91 Å². The first-order chi connectivity index (χ1) is 14.6. The third-order valence-corrected chi connectivity index (χ3v) is 8.41. The van der Waals surface area contributed by atoms with Crippen LogP contribution in [-0.2, 0) is 26.2 Å². The van der Waals surface area contributed by atoms with E-state index in [4.69, 9.17) is 0 Å². The van der Waals surface area contributed by atoms with Crippen LogP contribution in [-0.4, -0.2) is 72.8 Å². The summed E-state index contributed by atoms with van der Waals surface area (Å²) in [4.78, 5) is 39.9. The first kappa shape index (κ1) is 21.7. The number of hydrogen-bond acceptors (Lipinski definition) is 6. The molecule has 3 amide bonds. The molecule has 11 heteroatoms. The molecule has 0 aromatic heterocycles. The van der Waals surface area contributed by atoms with Crippen molar-refractivity contribution >= 4 is 33.4 Å². The van der Waals surface area contributed by atoms with E-state index >= 15 is 0 Å². The maximum absolute atomic E-state index is 14.4. The Bertz CT molecular complexity index is 1050. The molecule has 1 aromatic rings. The lowest BCUT2D eigenvalue weighted by Crippen LogP contribution is -2.52. The van der Waals surface area contributed by atoms with E-state index in [0.29, 0.717) is 24.3 Å². The summed E-state index contributed by atoms with van der Waals surface area (Å²) in [6.45, 7) is 4.70. The van der Waals surface area contributed by atoms with Crippen LogP contribution in [0.25, 0.3) is 0 Å². The van der Waals surface area contributed by atoms with Crippen LogP contribution in [0.5, 0.6) is 0 Å². The van der Waals surface area contributed by atoms with Gasteiger partial charge >= 0.3 is 0 Å². The van der Waals surface area contributed by atoms with E-state index in [9.17, 15) is 27.2 Å². The van der Waals surface area contributed by atoms with Crippen molar-refractivity contribution in [2.45, 2.75) is 44.5 Å². The van der Waals surface area contributed by atoms with Crippen LogP contribution < -0.4 is 10.2 Å². The molecular formula is C20H25FN4O5S. The van der Waals surface area contributed by atoms with Gasteiger partial charge in [-0.2, -0.15) is 4.31 Å². The Balaban J connectivity index is 1.57. The highest BCUT2D eigenvalue weighted by atomic mass is 32.2. The molecule has 1 atom stereocenters. The average Bonchev–Trinajstić information content (AvgIpc) is 3.04. The summed E-state index contributed by atoms with van der Waals surface area (Å²) in [6, 6.07) is 1.75. The van der Waals surface area contributed by atoms with Gasteiger partial charge in [-0.05, 0) is 32.4 Å². The molecule has 1 aromatic carbocycles. The van der Waals surface area contributed by atoms with Gasteiger partial charge in [0.1, 0.15) is 11.9 Å². The maximum atomic E-state index is 14.4. The second-order valence-electron chi connectivity index (χ2n) is 8.33. The summed E-state index contributed by atoms with van der Waals surface area (Å²) >= 11 is 0. The number of sulfonamides is 1. The van der Waals surface area contributed by atoms with Gasteiger partial charge < -0.3 is 9.80 Å². The molecule has 1 N–H and O–H groups in total. The first-order valence-electron chi connectivity index (χ1n) is 10.3. The summed E-state index contributed by atoms with van der Waals surface area (Å²) < 4.78 is 40.7. The predicted octanol–water partition coefficient (Wildman–Crippen LogP) is 0.447. The Morgan fingerprint density at radius 1 is 1.10 bits per heavy atom. The highest BCUT2D eigenvalue weighted by molar-refractivity contribution is 7.89. The van der Waals surface area contributed by atoms with E-state index in [1.807, 2.05) is 4.90 Å². The first-order valence-corrected chi connectivity index (χ1v) is 11.8. The van der Waals surface area contributed by atoms with Crippen molar-refractivity contribution in [3.05, 3.63) is 29.1 Å². The molecule has 4 rings (SSSR count). The topological polar surface area (TPSA) is 107 Å². The molecule has 31 heavy (non-hydrogen) atoms. The number of carbonyl (C=O) groups excluding carboxylic acids is 3. The number of nitrogens with zero attached hydrogens (tertiary/aromatic N) is 3. The van der Waals surface area contributed by atoms with Crippen molar-refractivity contribution in [3.63, 3.8) is 0 Å². The fraction of sp³-hybridized carbons (Fsp3) is 0.550. The molecule has 3 heterocycles. The number of fused-ring (bicyclic) bond motifs is 1. The Labute approximate surface area is 180 Å². The average molecular weight is 453 g/mol. The molecule has 0 radical (unpaired) electrons. The molecule has 0 bridgehead atoms. The van der Waals surface area contributed by atoms with Crippen molar-refractivity contribution in [2.75, 3.05) is 31.1 Å². The number of anilines is 1. The van der Waals surface area contributed by atoms with Gasteiger partial charge in [-0.15, -0.1) is 0 Å². The third kappa shape index (κ3) is 3.80. The van der Waals surface area contributed by atoms with Gasteiger partial charge in [0.2, 0.25) is 21.8 Å². The van der Waals surface area contributed by atoms with E-state index in [2.05, 4.69) is 5.32 Å². The number of halogens is 1. The lowest BCUT2D eigenvalue weighted by molar-refractivity contribution is -0.136. The molecule has 168 valence electrons. The van der Waals surface area contributed by atoms with Crippen LogP contribution >= 0.6 is 0 Å². The fourth-order valence-electron chi connectivity index (χ4n) is 4.37. The summed E-state index contributed by atoms with van der Waals surface area (Å²) in [5.74, 6) is -1.89. The highest BCUT2D eigenvalue weighted by Crippen LogP contribution is 2.35. The van der Waals surface area contributed by atoms with E-state index < -0.39 is 38.9 Å². The van der Waals surface area contributed by atoms with Gasteiger partial charge in [-0.25, -0.2) is 12.8 Å². The van der Waals surface area contributed by atoms with Crippen LogP contribution in [0.3, 0.4) is 0 Å². The van der Waals surface area contributed by atoms with Crippen LogP contribution in [0.4, 0.5) is 10.1 Å². The third-order valence-electron chi connectivity index (χ3n) is 6.13. The summed E-state index contributed by atoms with van der Waals surface area (Å²) in [5, 5.41) is 1.74. The van der Waals surface area contributed by atoms with Gasteiger partial charge in [0.15, 0.2) is 0 Å². The van der Waals surface area contributed by atoms with Crippen molar-refractivity contribution in [3.8, 4) is 0 Å². The largest absolute Gasteiger partial charge is 0.369 e. The number of imide groups is 1. The van der Waals surface area contributed by atoms with E-state index in [-0.39, 0.29) is 43.9 Å². The van der Waals surface area contributed by atoms with Crippen LogP contribution in [0.1, 0.15) is 42.6 Å². The number of amides is 3. The van der Waals surface area contributed by atoms with E-state index in [1.54, 1.807) is 13.8 Å². The van der Waals surface area contributed by atoms with E-state index in [0.717, 1.165) is 0 Å². The summed E-state index contributed by atoms with van der Waals surface area (Å²) in [5.41, 5.74) is 1.37. The van der Waals surface area contributed by atoms with Crippen LogP contribution in [0, 0.1) is 5.82 Å². The number of piperazine rings is 1. The second-order valence-corrected chi connectivity index (χ2v) is 10.8. The monoisotopic (exact) mass is 452 g/mol. The lowest BCUT2D eigenvalue weighted by atomic mass is 10.0. The Kier molecular flexibility index (Phi) is 5.50. The summed E-state index contributed by atoms with van der Waals surface area (Å²) in [7, 11) is -3.37. The minimum absolute atomic E-state index is 0.139. The van der Waals surface area contributed by atoms with Crippen LogP contribution in [0.15, 0.2) is 12.1 Å². The Morgan fingerprint density at radius 2 is 1.77 bits per heavy atom. The Hall–Kier alpha value is -2.53. The number of benzene rings is 1. The van der Waals surface area contributed by atoms with Crippen molar-refractivity contribution in [1.29, 1.82) is 0 Å². The highest BCUT2D eigenvalue weighted by Gasteiger charge is 2.41. The predicted molar refractivity (Wildman–Crippen MR) is 110 cm³/mol. The molecule has 0 saturated carbocycles. The molecule has 1 unspecified atom stereocenters. The zero-order valence-corrected chi connectivity index (χ0v) is 18.2. The smallest absolute Gasteiger partial charge is 0.255 e. The molecule has 3 aliphatic heterocycles. The fourth-order valence-corrected chi connectivity index (χ4v) is 5.64. The van der Waals surface area contributed by atoms with E-state index in [1.165, 1.54) is 21.3 Å². The summed E-state index contributed by atoms with van der Waals surface area (Å²) in [6.07, 6.45) is 0.373. The van der Waals surface area contributed by atoms with Gasteiger partial charge in [-0.1, -0.05) is 0 Å². The van der Waals surface area contributed by atoms with Crippen molar-refractivity contribution in [2.24, 2.45) is 0 Å². The lowest BCUT2D eigenvalue weighted by Gasteiger charge is -2.37. The minimum Gasteiger partial charge on any atom is -0.369 e. The molecule has 2 fully saturated rings. The normalized spacial score (nSPS) is 22.8. The molecular weight excluding hydrogens is 427 g/mol. The quantitative estimate of drug-likeness (QED) is 0.665. The molecule has 0 spiro atoms. The number of piperidine rings is 1. The minimum atomic E-state index is -3.37. The second kappa shape index (κ2) is 7.86. The van der Waals surface area contributed by atoms with Gasteiger partial charge in [0, 0.05) is 56.0 Å². The number of hydrogen-bond donors (Lipinski definition) is 1. The molecule has 2 saturated heterocycles. The number of carbonyl (C=O) groups is 3. The SMILES string of the molecule is CC(C)S(=O)(=O)N1CCN(c2cc(F)cc3c2CN(C2CCC(=O)NC2=O)C3=O)CC1. The zero-order valence-electron chi connectivity index (χ0n) is 17.4. The van der Waals surface area contributed by atoms with Crippen molar-refractivity contribution < 1.29 is 27.2 Å². The number of nitrogens with one attached hydrogen (secondary N) is 1. The number of rotatable bonds is 4. The van der Waals surface area contributed by atoms with Crippen LogP contribution in [0.2, 0.25) is 0 Å². The van der Waals surface area contributed by atoms with Gasteiger partial charge in [0.05, 0.1) is 5.25 Å². The molecule has 3 aliphatic rings.